The third-order valence-corrected chi connectivity index (χ3v) is 5.67. The summed E-state index contributed by atoms with van der Waals surface area (Å²) in [6.07, 6.45) is 1.92. The lowest BCUT2D eigenvalue weighted by atomic mass is 9.79. The van der Waals surface area contributed by atoms with E-state index in [0.29, 0.717) is 23.4 Å². The maximum Gasteiger partial charge on any atom is 0.176 e. The largest absolute Gasteiger partial charge is 0.387 e. The van der Waals surface area contributed by atoms with E-state index in [1.807, 2.05) is 43.8 Å². The summed E-state index contributed by atoms with van der Waals surface area (Å²) in [6.45, 7) is 6.58. The van der Waals surface area contributed by atoms with Crippen LogP contribution in [0.25, 0.3) is 5.82 Å². The molecule has 1 aliphatic rings. The zero-order chi connectivity index (χ0) is 16.4. The Bertz CT molecular complexity index is 672. The van der Waals surface area contributed by atoms with Crippen LogP contribution in [0.15, 0.2) is 18.2 Å². The monoisotopic (exact) mass is 333 g/mol. The summed E-state index contributed by atoms with van der Waals surface area (Å²) >= 11 is 1.83. The molecule has 23 heavy (non-hydrogen) atoms. The average Bonchev–Trinajstić information content (AvgIpc) is 2.88. The predicted octanol–water partition coefficient (Wildman–Crippen LogP) is 2.34. The molecule has 2 atom stereocenters. The number of aliphatic hydroxyl groups is 1. The summed E-state index contributed by atoms with van der Waals surface area (Å²) < 4.78 is 1.78. The number of nitrogens with one attached hydrogen (secondary N) is 1. The molecule has 7 heteroatoms. The van der Waals surface area contributed by atoms with Crippen molar-refractivity contribution in [3.8, 4) is 5.82 Å². The molecule has 1 aliphatic carbocycles. The molecule has 6 nitrogen and oxygen atoms in total. The molecule has 0 amide bonds. The maximum atomic E-state index is 10.6. The van der Waals surface area contributed by atoms with Crippen molar-refractivity contribution in [2.24, 2.45) is 0 Å². The number of nitrogens with zero attached hydrogens (tertiary/aromatic N) is 4. The molecule has 0 aromatic carbocycles. The van der Waals surface area contributed by atoms with Crippen LogP contribution in [-0.2, 0) is 0 Å². The first-order chi connectivity index (χ1) is 11.0. The van der Waals surface area contributed by atoms with Crippen LogP contribution in [0.3, 0.4) is 0 Å². The summed E-state index contributed by atoms with van der Waals surface area (Å²) in [4.78, 5) is 0. The Hall–Kier alpha value is -1.60. The van der Waals surface area contributed by atoms with Gasteiger partial charge in [0.15, 0.2) is 5.82 Å². The Labute approximate surface area is 140 Å². The Balaban J connectivity index is 1.63. The summed E-state index contributed by atoms with van der Waals surface area (Å²) in [6, 6.07) is 5.77. The first-order valence-electron chi connectivity index (χ1n) is 7.97. The summed E-state index contributed by atoms with van der Waals surface area (Å²) in [5, 5.41) is 26.9. The van der Waals surface area contributed by atoms with Crippen LogP contribution in [-0.4, -0.2) is 48.2 Å². The molecule has 2 aromatic rings. The Morgan fingerprint density at radius 2 is 2.22 bits per heavy atom. The second-order valence-corrected chi connectivity index (χ2v) is 7.54. The van der Waals surface area contributed by atoms with Gasteiger partial charge < -0.3 is 10.4 Å². The van der Waals surface area contributed by atoms with Crippen LogP contribution < -0.4 is 5.32 Å². The average molecular weight is 333 g/mol. The minimum Gasteiger partial charge on any atom is -0.387 e. The number of thioether (sulfide) groups is 1. The van der Waals surface area contributed by atoms with Gasteiger partial charge >= 0.3 is 0 Å². The fourth-order valence-electron chi connectivity index (χ4n) is 2.87. The normalized spacial score (nSPS) is 23.6. The summed E-state index contributed by atoms with van der Waals surface area (Å²) in [5.41, 5.74) is 1.36. The van der Waals surface area contributed by atoms with E-state index >= 15 is 0 Å². The molecule has 0 saturated heterocycles. The number of aromatic nitrogens is 4. The standard InChI is InChI=1S/C16H23N5OS/c1-4-23-13-7-8-16(13,22)10-17-14-5-6-15(19-18-14)21-12(3)9-11(2)20-21/h5-6,9,13,22H,4,7-8,10H2,1-3H3,(H,17,18). The van der Waals surface area contributed by atoms with Crippen molar-refractivity contribution in [2.75, 3.05) is 17.6 Å². The molecule has 0 aliphatic heterocycles. The zero-order valence-corrected chi connectivity index (χ0v) is 14.6. The SMILES string of the molecule is CCSC1CCC1(O)CNc1ccc(-n2nc(C)cc2C)nn1. The van der Waals surface area contributed by atoms with Gasteiger partial charge in [0.2, 0.25) is 0 Å². The molecule has 124 valence electrons. The Kier molecular flexibility index (Phi) is 4.59. The quantitative estimate of drug-likeness (QED) is 0.845. The van der Waals surface area contributed by atoms with E-state index in [1.165, 1.54) is 0 Å². The molecule has 2 unspecified atom stereocenters. The van der Waals surface area contributed by atoms with E-state index in [9.17, 15) is 5.11 Å². The highest BCUT2D eigenvalue weighted by atomic mass is 32.2. The van der Waals surface area contributed by atoms with Crippen molar-refractivity contribution >= 4 is 17.6 Å². The highest BCUT2D eigenvalue weighted by molar-refractivity contribution is 8.00. The van der Waals surface area contributed by atoms with Gasteiger partial charge in [-0.2, -0.15) is 16.9 Å². The number of aryl methyl sites for hydroxylation is 2. The van der Waals surface area contributed by atoms with Crippen molar-refractivity contribution in [1.82, 2.24) is 20.0 Å². The van der Waals surface area contributed by atoms with Crippen molar-refractivity contribution in [3.05, 3.63) is 29.6 Å². The van der Waals surface area contributed by atoms with Gasteiger partial charge in [-0.25, -0.2) is 4.68 Å². The molecule has 0 bridgehead atoms. The van der Waals surface area contributed by atoms with E-state index in [1.54, 1.807) is 4.68 Å². The van der Waals surface area contributed by atoms with Gasteiger partial charge in [-0.15, -0.1) is 10.2 Å². The van der Waals surface area contributed by atoms with E-state index in [4.69, 9.17) is 0 Å². The van der Waals surface area contributed by atoms with E-state index in [-0.39, 0.29) is 0 Å². The molecule has 1 fully saturated rings. The van der Waals surface area contributed by atoms with E-state index in [0.717, 1.165) is 30.0 Å². The number of rotatable bonds is 6. The molecular weight excluding hydrogens is 310 g/mol. The van der Waals surface area contributed by atoms with Crippen LogP contribution in [0.5, 0.6) is 0 Å². The molecule has 0 spiro atoms. The molecule has 2 N–H and O–H groups in total. The van der Waals surface area contributed by atoms with E-state index < -0.39 is 5.60 Å². The lowest BCUT2D eigenvalue weighted by molar-refractivity contribution is -0.0120. The Morgan fingerprint density at radius 3 is 2.74 bits per heavy atom. The topological polar surface area (TPSA) is 75.9 Å². The lowest BCUT2D eigenvalue weighted by Gasteiger charge is -2.45. The van der Waals surface area contributed by atoms with Gasteiger partial charge in [0, 0.05) is 17.5 Å². The molecule has 1 saturated carbocycles. The maximum absolute atomic E-state index is 10.6. The summed E-state index contributed by atoms with van der Waals surface area (Å²) in [7, 11) is 0. The molecule has 3 rings (SSSR count). The highest BCUT2D eigenvalue weighted by Crippen LogP contribution is 2.41. The van der Waals surface area contributed by atoms with Crippen LogP contribution >= 0.6 is 11.8 Å². The second-order valence-electron chi connectivity index (χ2n) is 6.06. The fourth-order valence-corrected chi connectivity index (χ4v) is 4.07. The van der Waals surface area contributed by atoms with Crippen molar-refractivity contribution < 1.29 is 5.11 Å². The van der Waals surface area contributed by atoms with E-state index in [2.05, 4.69) is 27.5 Å². The molecular formula is C16H23N5OS. The van der Waals surface area contributed by atoms with Crippen LogP contribution in [0.1, 0.15) is 31.2 Å². The highest BCUT2D eigenvalue weighted by Gasteiger charge is 2.44. The van der Waals surface area contributed by atoms with Gasteiger partial charge in [0.1, 0.15) is 5.82 Å². The summed E-state index contributed by atoms with van der Waals surface area (Å²) in [5.74, 6) is 2.41. The third kappa shape index (κ3) is 3.35. The molecule has 2 heterocycles. The zero-order valence-electron chi connectivity index (χ0n) is 13.8. The third-order valence-electron chi connectivity index (χ3n) is 4.26. The first kappa shape index (κ1) is 16.3. The van der Waals surface area contributed by atoms with Crippen molar-refractivity contribution in [1.29, 1.82) is 0 Å². The van der Waals surface area contributed by atoms with Crippen LogP contribution in [0.2, 0.25) is 0 Å². The lowest BCUT2D eigenvalue weighted by Crippen LogP contribution is -2.54. The minimum absolute atomic E-state index is 0.321. The number of hydrogen-bond acceptors (Lipinski definition) is 6. The number of hydrogen-bond donors (Lipinski definition) is 2. The Morgan fingerprint density at radius 1 is 1.39 bits per heavy atom. The van der Waals surface area contributed by atoms with Crippen LogP contribution in [0, 0.1) is 13.8 Å². The van der Waals surface area contributed by atoms with Gasteiger partial charge in [-0.1, -0.05) is 6.92 Å². The van der Waals surface area contributed by atoms with Crippen LogP contribution in [0.4, 0.5) is 5.82 Å². The van der Waals surface area contributed by atoms with Gasteiger partial charge in [-0.05, 0) is 50.6 Å². The van der Waals surface area contributed by atoms with Gasteiger partial charge in [-0.3, -0.25) is 0 Å². The smallest absolute Gasteiger partial charge is 0.176 e. The van der Waals surface area contributed by atoms with Crippen molar-refractivity contribution in [2.45, 2.75) is 44.5 Å². The van der Waals surface area contributed by atoms with Crippen molar-refractivity contribution in [3.63, 3.8) is 0 Å². The van der Waals surface area contributed by atoms with Gasteiger partial charge in [0.05, 0.1) is 11.3 Å². The minimum atomic E-state index is -0.628. The first-order valence-corrected chi connectivity index (χ1v) is 9.02. The molecule has 0 radical (unpaired) electrons. The molecule has 2 aromatic heterocycles. The van der Waals surface area contributed by atoms with Gasteiger partial charge in [0.25, 0.3) is 0 Å². The predicted molar refractivity (Wildman–Crippen MR) is 93.2 cm³/mol. The second kappa shape index (κ2) is 6.49. The fraction of sp³-hybridized carbons (Fsp3) is 0.562. The number of anilines is 1.